The molecule has 4 N–H and O–H groups in total. The molecule has 4 heteroatoms. The number of aromatic nitrogens is 2. The van der Waals surface area contributed by atoms with E-state index >= 15 is 0 Å². The zero-order valence-corrected chi connectivity index (χ0v) is 13.5. The number of anilines is 3. The molecule has 0 aliphatic heterocycles. The predicted octanol–water partition coefficient (Wildman–Crippen LogP) is 5.20. The number of nitrogens with two attached hydrogens (primary N) is 1. The van der Waals surface area contributed by atoms with Crippen LogP contribution in [-0.4, -0.2) is 9.97 Å². The number of H-pyrrole nitrogens is 1. The van der Waals surface area contributed by atoms with Crippen molar-refractivity contribution in [2.45, 2.75) is 0 Å². The highest BCUT2D eigenvalue weighted by Crippen LogP contribution is 2.36. The summed E-state index contributed by atoms with van der Waals surface area (Å²) in [5.41, 5.74) is 12.7. The summed E-state index contributed by atoms with van der Waals surface area (Å²) < 4.78 is 0. The number of para-hydroxylation sites is 4. The second-order valence-corrected chi connectivity index (χ2v) is 6.11. The van der Waals surface area contributed by atoms with E-state index < -0.39 is 0 Å². The third-order valence-electron chi connectivity index (χ3n) is 4.55. The number of nitrogen functional groups attached to an aromatic ring is 1. The normalized spacial score (nSPS) is 11.4. The number of nitrogens with zero attached hydrogens (tertiary/aromatic N) is 1. The van der Waals surface area contributed by atoms with Crippen LogP contribution in [-0.2, 0) is 0 Å². The van der Waals surface area contributed by atoms with E-state index in [4.69, 9.17) is 10.7 Å². The number of aromatic amines is 1. The Labute approximate surface area is 144 Å². The quantitative estimate of drug-likeness (QED) is 0.391. The van der Waals surface area contributed by atoms with Crippen LogP contribution in [0.3, 0.4) is 0 Å². The van der Waals surface area contributed by atoms with Crippen molar-refractivity contribution in [3.8, 4) is 0 Å². The maximum Gasteiger partial charge on any atom is 0.0986 e. The summed E-state index contributed by atoms with van der Waals surface area (Å²) in [7, 11) is 0. The van der Waals surface area contributed by atoms with Gasteiger partial charge >= 0.3 is 0 Å². The van der Waals surface area contributed by atoms with E-state index in [1.54, 1.807) is 0 Å². The minimum absolute atomic E-state index is 0.715. The van der Waals surface area contributed by atoms with Gasteiger partial charge in [0.2, 0.25) is 0 Å². The topological polar surface area (TPSA) is 66.7 Å². The molecule has 0 spiro atoms. The Bertz CT molecular complexity index is 1240. The van der Waals surface area contributed by atoms with E-state index in [-0.39, 0.29) is 0 Å². The van der Waals surface area contributed by atoms with Crippen LogP contribution in [0.4, 0.5) is 17.1 Å². The summed E-state index contributed by atoms with van der Waals surface area (Å²) in [6.07, 6.45) is 0. The van der Waals surface area contributed by atoms with Crippen molar-refractivity contribution < 1.29 is 0 Å². The first-order chi connectivity index (χ1) is 12.3. The first-order valence-electron chi connectivity index (χ1n) is 8.22. The molecule has 120 valence electrons. The minimum Gasteiger partial charge on any atom is -0.397 e. The largest absolute Gasteiger partial charge is 0.397 e. The number of fused-ring (bicyclic) bond motifs is 4. The van der Waals surface area contributed by atoms with Crippen LogP contribution in [0.5, 0.6) is 0 Å². The second kappa shape index (κ2) is 5.24. The van der Waals surface area contributed by atoms with Gasteiger partial charge in [-0.25, -0.2) is 4.98 Å². The second-order valence-electron chi connectivity index (χ2n) is 6.11. The molecule has 4 nitrogen and oxygen atoms in total. The smallest absolute Gasteiger partial charge is 0.0986 e. The van der Waals surface area contributed by atoms with Gasteiger partial charge in [-0.15, -0.1) is 0 Å². The molecule has 0 fully saturated rings. The number of rotatable bonds is 2. The van der Waals surface area contributed by atoms with Crippen LogP contribution >= 0.6 is 0 Å². The van der Waals surface area contributed by atoms with Crippen LogP contribution in [0.2, 0.25) is 0 Å². The number of nitrogens with one attached hydrogen (secondary N) is 2. The molecule has 0 radical (unpaired) electrons. The van der Waals surface area contributed by atoms with E-state index in [1.165, 1.54) is 0 Å². The molecule has 0 aliphatic carbocycles. The van der Waals surface area contributed by atoms with Crippen molar-refractivity contribution in [1.82, 2.24) is 9.97 Å². The summed E-state index contributed by atoms with van der Waals surface area (Å²) >= 11 is 0. The Morgan fingerprint density at radius 1 is 0.800 bits per heavy atom. The molecule has 25 heavy (non-hydrogen) atoms. The van der Waals surface area contributed by atoms with Crippen LogP contribution in [0.1, 0.15) is 0 Å². The highest BCUT2D eigenvalue weighted by atomic mass is 14.9. The van der Waals surface area contributed by atoms with Crippen LogP contribution in [0, 0.1) is 0 Å². The lowest BCUT2D eigenvalue weighted by Gasteiger charge is -2.13. The SMILES string of the molecule is Nc1ccccc1Nc1c2ccccc2nc2c1[nH]c1ccccc12. The van der Waals surface area contributed by atoms with Gasteiger partial charge in [0.1, 0.15) is 0 Å². The van der Waals surface area contributed by atoms with Crippen molar-refractivity contribution in [1.29, 1.82) is 0 Å². The maximum absolute atomic E-state index is 6.14. The molecule has 0 saturated heterocycles. The van der Waals surface area contributed by atoms with Crippen molar-refractivity contribution >= 4 is 49.9 Å². The van der Waals surface area contributed by atoms with Gasteiger partial charge in [0.25, 0.3) is 0 Å². The average Bonchev–Trinajstić information content (AvgIpc) is 3.02. The molecule has 0 unspecified atom stereocenters. The monoisotopic (exact) mass is 324 g/mol. The fourth-order valence-corrected chi connectivity index (χ4v) is 3.34. The summed E-state index contributed by atoms with van der Waals surface area (Å²) in [6, 6.07) is 24.2. The zero-order chi connectivity index (χ0) is 16.8. The average molecular weight is 324 g/mol. The van der Waals surface area contributed by atoms with Gasteiger partial charge < -0.3 is 16.0 Å². The van der Waals surface area contributed by atoms with Gasteiger partial charge in [-0.3, -0.25) is 0 Å². The molecule has 0 aliphatic rings. The standard InChI is InChI=1S/C21H16N4/c22-15-9-3-6-12-18(15)25-20-13-7-1-4-10-16(13)23-19-14-8-2-5-11-17(14)24-21(19)20/h1-12,24H,22H2,(H,23,25). The molecule has 2 aromatic heterocycles. The first kappa shape index (κ1) is 13.9. The van der Waals surface area contributed by atoms with E-state index in [0.717, 1.165) is 44.2 Å². The summed E-state index contributed by atoms with van der Waals surface area (Å²) in [4.78, 5) is 8.40. The third-order valence-corrected chi connectivity index (χ3v) is 4.55. The van der Waals surface area contributed by atoms with Crippen molar-refractivity contribution in [2.24, 2.45) is 0 Å². The Kier molecular flexibility index (Phi) is 2.91. The lowest BCUT2D eigenvalue weighted by Crippen LogP contribution is -1.98. The van der Waals surface area contributed by atoms with Crippen molar-refractivity contribution in [3.05, 3.63) is 72.8 Å². The molecule has 0 amide bonds. The summed E-state index contributed by atoms with van der Waals surface area (Å²) in [5.74, 6) is 0. The predicted molar refractivity (Wildman–Crippen MR) is 105 cm³/mol. The highest BCUT2D eigenvalue weighted by Gasteiger charge is 2.14. The fourth-order valence-electron chi connectivity index (χ4n) is 3.34. The molecule has 2 heterocycles. The molecular formula is C21H16N4. The van der Waals surface area contributed by atoms with Crippen LogP contribution in [0.15, 0.2) is 72.8 Å². The van der Waals surface area contributed by atoms with Gasteiger partial charge in [-0.1, -0.05) is 48.5 Å². The molecule has 5 rings (SSSR count). The van der Waals surface area contributed by atoms with Crippen molar-refractivity contribution in [3.63, 3.8) is 0 Å². The Morgan fingerprint density at radius 2 is 1.52 bits per heavy atom. The third kappa shape index (κ3) is 2.11. The van der Waals surface area contributed by atoms with Gasteiger partial charge in [0.05, 0.1) is 33.6 Å². The highest BCUT2D eigenvalue weighted by molar-refractivity contribution is 6.16. The zero-order valence-electron chi connectivity index (χ0n) is 13.5. The number of hydrogen-bond donors (Lipinski definition) is 3. The Hall–Kier alpha value is -3.53. The van der Waals surface area contributed by atoms with Crippen molar-refractivity contribution in [2.75, 3.05) is 11.1 Å². The molecule has 3 aromatic carbocycles. The van der Waals surface area contributed by atoms with E-state index in [1.807, 2.05) is 54.6 Å². The van der Waals surface area contributed by atoms with Gasteiger partial charge in [-0.05, 0) is 24.3 Å². The fraction of sp³-hybridized carbons (Fsp3) is 0. The van der Waals surface area contributed by atoms with E-state index in [9.17, 15) is 0 Å². The van der Waals surface area contributed by atoms with E-state index in [0.29, 0.717) is 5.69 Å². The Morgan fingerprint density at radius 3 is 2.40 bits per heavy atom. The lowest BCUT2D eigenvalue weighted by atomic mass is 10.1. The molecule has 0 saturated carbocycles. The first-order valence-corrected chi connectivity index (χ1v) is 8.22. The number of hydrogen-bond acceptors (Lipinski definition) is 3. The number of benzene rings is 3. The lowest BCUT2D eigenvalue weighted by molar-refractivity contribution is 1.47. The Balaban J connectivity index is 1.88. The molecule has 0 bridgehead atoms. The molecular weight excluding hydrogens is 308 g/mol. The molecule has 5 aromatic rings. The van der Waals surface area contributed by atoms with Crippen LogP contribution in [0.25, 0.3) is 32.8 Å². The van der Waals surface area contributed by atoms with Gasteiger partial charge in [-0.2, -0.15) is 0 Å². The number of pyridine rings is 1. The maximum atomic E-state index is 6.14. The summed E-state index contributed by atoms with van der Waals surface area (Å²) in [6.45, 7) is 0. The van der Waals surface area contributed by atoms with Gasteiger partial charge in [0, 0.05) is 16.3 Å². The van der Waals surface area contributed by atoms with E-state index in [2.05, 4.69) is 28.5 Å². The minimum atomic E-state index is 0.715. The molecule has 0 atom stereocenters. The van der Waals surface area contributed by atoms with Crippen LogP contribution < -0.4 is 11.1 Å². The van der Waals surface area contributed by atoms with Gasteiger partial charge in [0.15, 0.2) is 0 Å². The summed E-state index contributed by atoms with van der Waals surface area (Å²) in [5, 5.41) is 5.70.